The molecular formula is C16H20N4OS2. The van der Waals surface area contributed by atoms with E-state index < -0.39 is 0 Å². The first-order chi connectivity index (χ1) is 11.2. The Hall–Kier alpha value is -1.86. The standard InChI is InChI=1S/C16H20N4OS2/c1-3-10-17-15-18-19-16(23-15)22-12-14(21)20(4-2)11-13-8-6-5-7-9-13/h3,5-9H,1,4,10-12H2,2H3,(H,17,18). The van der Waals surface area contributed by atoms with Crippen molar-refractivity contribution < 1.29 is 4.79 Å². The Kier molecular flexibility index (Phi) is 7.09. The highest BCUT2D eigenvalue weighted by Crippen LogP contribution is 2.25. The molecule has 0 radical (unpaired) electrons. The molecule has 23 heavy (non-hydrogen) atoms. The van der Waals surface area contributed by atoms with Crippen LogP contribution in [0.3, 0.4) is 0 Å². The van der Waals surface area contributed by atoms with Crippen molar-refractivity contribution in [2.45, 2.75) is 17.8 Å². The van der Waals surface area contributed by atoms with Gasteiger partial charge in [0.1, 0.15) is 0 Å². The minimum absolute atomic E-state index is 0.108. The molecule has 0 atom stereocenters. The van der Waals surface area contributed by atoms with E-state index in [1.165, 1.54) is 23.1 Å². The second-order valence-corrected chi connectivity index (χ2v) is 6.92. The minimum Gasteiger partial charge on any atom is -0.357 e. The summed E-state index contributed by atoms with van der Waals surface area (Å²) in [5.41, 5.74) is 1.14. The van der Waals surface area contributed by atoms with Gasteiger partial charge in [-0.05, 0) is 12.5 Å². The number of carbonyl (C=O) groups excluding carboxylic acids is 1. The number of thioether (sulfide) groups is 1. The van der Waals surface area contributed by atoms with Gasteiger partial charge in [0.2, 0.25) is 11.0 Å². The first-order valence-electron chi connectivity index (χ1n) is 7.35. The lowest BCUT2D eigenvalue weighted by atomic mass is 10.2. The van der Waals surface area contributed by atoms with Gasteiger partial charge in [0.15, 0.2) is 4.34 Å². The van der Waals surface area contributed by atoms with E-state index in [2.05, 4.69) is 22.1 Å². The fourth-order valence-electron chi connectivity index (χ4n) is 1.89. The molecule has 7 heteroatoms. The molecule has 1 aromatic carbocycles. The van der Waals surface area contributed by atoms with Crippen molar-refractivity contribution in [1.29, 1.82) is 0 Å². The van der Waals surface area contributed by atoms with Crippen LogP contribution >= 0.6 is 23.1 Å². The number of nitrogens with zero attached hydrogens (tertiary/aromatic N) is 3. The van der Waals surface area contributed by atoms with Crippen LogP contribution in [0.1, 0.15) is 12.5 Å². The third-order valence-corrected chi connectivity index (χ3v) is 5.07. The molecule has 1 N–H and O–H groups in total. The quantitative estimate of drug-likeness (QED) is 0.557. The van der Waals surface area contributed by atoms with Crippen LogP contribution in [0.4, 0.5) is 5.13 Å². The maximum absolute atomic E-state index is 12.4. The van der Waals surface area contributed by atoms with Crippen LogP contribution in [-0.2, 0) is 11.3 Å². The summed E-state index contributed by atoms with van der Waals surface area (Å²) < 4.78 is 0.792. The smallest absolute Gasteiger partial charge is 0.233 e. The van der Waals surface area contributed by atoms with E-state index in [0.717, 1.165) is 15.0 Å². The predicted molar refractivity (Wildman–Crippen MR) is 96.9 cm³/mol. The summed E-state index contributed by atoms with van der Waals surface area (Å²) in [6, 6.07) is 10.0. The van der Waals surface area contributed by atoms with Crippen molar-refractivity contribution in [3.63, 3.8) is 0 Å². The van der Waals surface area contributed by atoms with Gasteiger partial charge in [0, 0.05) is 19.6 Å². The molecular weight excluding hydrogens is 328 g/mol. The molecule has 0 spiro atoms. The number of carbonyl (C=O) groups is 1. The zero-order valence-electron chi connectivity index (χ0n) is 13.1. The molecule has 1 heterocycles. The summed E-state index contributed by atoms with van der Waals surface area (Å²) in [4.78, 5) is 14.2. The number of amides is 1. The van der Waals surface area contributed by atoms with Crippen LogP contribution in [0.15, 0.2) is 47.3 Å². The number of anilines is 1. The molecule has 0 aliphatic heterocycles. The van der Waals surface area contributed by atoms with E-state index in [1.54, 1.807) is 6.08 Å². The van der Waals surface area contributed by atoms with Crippen molar-refractivity contribution in [3.05, 3.63) is 48.6 Å². The van der Waals surface area contributed by atoms with Gasteiger partial charge in [-0.15, -0.1) is 16.8 Å². The summed E-state index contributed by atoms with van der Waals surface area (Å²) in [6.07, 6.45) is 1.76. The highest BCUT2D eigenvalue weighted by molar-refractivity contribution is 8.01. The Bertz CT molecular complexity index is 630. The third-order valence-electron chi connectivity index (χ3n) is 3.07. The van der Waals surface area contributed by atoms with Gasteiger partial charge in [-0.3, -0.25) is 4.79 Å². The summed E-state index contributed by atoms with van der Waals surface area (Å²) in [5, 5.41) is 11.9. The summed E-state index contributed by atoms with van der Waals surface area (Å²) in [6.45, 7) is 7.62. The molecule has 0 bridgehead atoms. The number of aromatic nitrogens is 2. The lowest BCUT2D eigenvalue weighted by molar-refractivity contribution is -0.128. The molecule has 0 fully saturated rings. The second-order valence-electron chi connectivity index (χ2n) is 4.72. The minimum atomic E-state index is 0.108. The first kappa shape index (κ1) is 17.5. The Balaban J connectivity index is 1.84. The number of hydrogen-bond acceptors (Lipinski definition) is 6. The average Bonchev–Trinajstić information content (AvgIpc) is 3.04. The van der Waals surface area contributed by atoms with E-state index in [0.29, 0.717) is 25.4 Å². The fraction of sp³-hybridized carbons (Fsp3) is 0.312. The van der Waals surface area contributed by atoms with Gasteiger partial charge >= 0.3 is 0 Å². The van der Waals surface area contributed by atoms with Crippen LogP contribution in [0.5, 0.6) is 0 Å². The van der Waals surface area contributed by atoms with Gasteiger partial charge in [-0.2, -0.15) is 0 Å². The van der Waals surface area contributed by atoms with Gasteiger partial charge in [0.05, 0.1) is 5.75 Å². The number of nitrogens with one attached hydrogen (secondary N) is 1. The number of rotatable bonds is 9. The summed E-state index contributed by atoms with van der Waals surface area (Å²) in [5.74, 6) is 0.480. The van der Waals surface area contributed by atoms with Crippen LogP contribution in [-0.4, -0.2) is 39.8 Å². The van der Waals surface area contributed by atoms with E-state index in [1.807, 2.05) is 42.2 Å². The zero-order valence-corrected chi connectivity index (χ0v) is 14.7. The number of hydrogen-bond donors (Lipinski definition) is 1. The largest absolute Gasteiger partial charge is 0.357 e. The van der Waals surface area contributed by atoms with Crippen molar-refractivity contribution in [2.24, 2.45) is 0 Å². The molecule has 1 aromatic heterocycles. The highest BCUT2D eigenvalue weighted by Gasteiger charge is 2.14. The Labute approximate surface area is 144 Å². The van der Waals surface area contributed by atoms with Crippen molar-refractivity contribution >= 4 is 34.1 Å². The van der Waals surface area contributed by atoms with Crippen LogP contribution in [0, 0.1) is 0 Å². The molecule has 0 saturated heterocycles. The summed E-state index contributed by atoms with van der Waals surface area (Å²) in [7, 11) is 0. The van der Waals surface area contributed by atoms with Crippen molar-refractivity contribution in [1.82, 2.24) is 15.1 Å². The second kappa shape index (κ2) is 9.32. The van der Waals surface area contributed by atoms with Gasteiger partial charge < -0.3 is 10.2 Å². The normalized spacial score (nSPS) is 10.3. The molecule has 0 unspecified atom stereocenters. The van der Waals surface area contributed by atoms with Gasteiger partial charge in [0.25, 0.3) is 0 Å². The molecule has 0 aliphatic carbocycles. The fourth-order valence-corrected chi connectivity index (χ4v) is 3.56. The Morgan fingerprint density at radius 3 is 2.87 bits per heavy atom. The molecule has 0 aliphatic rings. The molecule has 5 nitrogen and oxygen atoms in total. The average molecular weight is 348 g/mol. The zero-order chi connectivity index (χ0) is 16.5. The Morgan fingerprint density at radius 2 is 2.17 bits per heavy atom. The van der Waals surface area contributed by atoms with Crippen molar-refractivity contribution in [2.75, 3.05) is 24.2 Å². The van der Waals surface area contributed by atoms with Crippen LogP contribution in [0.2, 0.25) is 0 Å². The predicted octanol–water partition coefficient (Wildman–Crippen LogP) is 3.28. The SMILES string of the molecule is C=CCNc1nnc(SCC(=O)N(CC)Cc2ccccc2)s1. The van der Waals surface area contributed by atoms with E-state index in [9.17, 15) is 4.79 Å². The van der Waals surface area contributed by atoms with Crippen molar-refractivity contribution in [3.8, 4) is 0 Å². The molecule has 2 aromatic rings. The topological polar surface area (TPSA) is 58.1 Å². The highest BCUT2D eigenvalue weighted by atomic mass is 32.2. The van der Waals surface area contributed by atoms with Gasteiger partial charge in [-0.1, -0.05) is 59.5 Å². The van der Waals surface area contributed by atoms with Gasteiger partial charge in [-0.25, -0.2) is 0 Å². The van der Waals surface area contributed by atoms with E-state index >= 15 is 0 Å². The monoisotopic (exact) mass is 348 g/mol. The lowest BCUT2D eigenvalue weighted by Gasteiger charge is -2.20. The maximum Gasteiger partial charge on any atom is 0.233 e. The Morgan fingerprint density at radius 1 is 1.39 bits per heavy atom. The molecule has 122 valence electrons. The number of benzene rings is 1. The first-order valence-corrected chi connectivity index (χ1v) is 9.16. The molecule has 0 saturated carbocycles. The molecule has 2 rings (SSSR count). The molecule has 1 amide bonds. The van der Waals surface area contributed by atoms with E-state index in [-0.39, 0.29) is 5.91 Å². The van der Waals surface area contributed by atoms with E-state index in [4.69, 9.17) is 0 Å². The third kappa shape index (κ3) is 5.69. The maximum atomic E-state index is 12.4. The van der Waals surface area contributed by atoms with Crippen LogP contribution in [0.25, 0.3) is 0 Å². The van der Waals surface area contributed by atoms with Crippen LogP contribution < -0.4 is 5.32 Å². The lowest BCUT2D eigenvalue weighted by Crippen LogP contribution is -2.31. The summed E-state index contributed by atoms with van der Waals surface area (Å²) >= 11 is 2.87.